The smallest absolute Gasteiger partial charge is 0.255 e. The van der Waals surface area contributed by atoms with Gasteiger partial charge < -0.3 is 10.4 Å². The molecule has 2 rings (SSSR count). The van der Waals surface area contributed by atoms with Gasteiger partial charge in [-0.1, -0.05) is 17.7 Å². The largest absolute Gasteiger partial charge is 0.507 e. The van der Waals surface area contributed by atoms with Crippen LogP contribution in [0, 0.1) is 13.8 Å². The van der Waals surface area contributed by atoms with E-state index in [1.165, 1.54) is 6.07 Å². The number of aromatic hydroxyl groups is 1. The fourth-order valence-electron chi connectivity index (χ4n) is 1.80. The van der Waals surface area contributed by atoms with Gasteiger partial charge in [-0.05, 0) is 59.6 Å². The molecule has 0 heterocycles. The molecule has 0 radical (unpaired) electrons. The van der Waals surface area contributed by atoms with Crippen LogP contribution in [-0.2, 0) is 0 Å². The molecule has 2 N–H and O–H groups in total. The maximum Gasteiger partial charge on any atom is 0.255 e. The van der Waals surface area contributed by atoms with Gasteiger partial charge in [-0.3, -0.25) is 4.79 Å². The van der Waals surface area contributed by atoms with Crippen LogP contribution in [0.25, 0.3) is 0 Å². The number of carbonyl (C=O) groups excluding carboxylic acids is 1. The van der Waals surface area contributed by atoms with E-state index < -0.39 is 0 Å². The number of halogens is 1. The van der Waals surface area contributed by atoms with Crippen LogP contribution < -0.4 is 5.32 Å². The lowest BCUT2D eigenvalue weighted by molar-refractivity contribution is 0.102. The number of phenols is 1. The number of hydrogen-bond donors (Lipinski definition) is 2. The van der Waals surface area contributed by atoms with Crippen LogP contribution in [0.1, 0.15) is 21.5 Å². The summed E-state index contributed by atoms with van der Waals surface area (Å²) >= 11 is 3.18. The first-order chi connectivity index (χ1) is 8.97. The van der Waals surface area contributed by atoms with Gasteiger partial charge in [0, 0.05) is 11.3 Å². The molecule has 98 valence electrons. The normalized spacial score (nSPS) is 10.3. The Balaban J connectivity index is 2.23. The Bertz CT molecular complexity index is 638. The van der Waals surface area contributed by atoms with E-state index in [1.54, 1.807) is 12.1 Å². The van der Waals surface area contributed by atoms with E-state index in [4.69, 9.17) is 0 Å². The van der Waals surface area contributed by atoms with Gasteiger partial charge in [0.2, 0.25) is 0 Å². The van der Waals surface area contributed by atoms with E-state index in [0.29, 0.717) is 10.0 Å². The van der Waals surface area contributed by atoms with Crippen molar-refractivity contribution in [1.82, 2.24) is 0 Å². The predicted octanol–water partition coefficient (Wildman–Crippen LogP) is 4.02. The Morgan fingerprint density at radius 3 is 2.53 bits per heavy atom. The minimum atomic E-state index is -0.241. The Morgan fingerprint density at radius 2 is 1.89 bits per heavy atom. The van der Waals surface area contributed by atoms with Gasteiger partial charge in [-0.25, -0.2) is 0 Å². The van der Waals surface area contributed by atoms with Crippen molar-refractivity contribution >= 4 is 27.5 Å². The number of nitrogens with one attached hydrogen (secondary N) is 1. The van der Waals surface area contributed by atoms with Crippen LogP contribution in [0.15, 0.2) is 40.9 Å². The molecule has 0 saturated carbocycles. The standard InChI is InChI=1S/C15H14BrNO2/c1-9-3-6-13(10(2)7-9)17-15(19)11-4-5-12(16)14(18)8-11/h3-8,18H,1-2H3,(H,17,19). The molecule has 0 saturated heterocycles. The first-order valence-corrected chi connectivity index (χ1v) is 6.64. The van der Waals surface area contributed by atoms with Crippen molar-refractivity contribution in [2.45, 2.75) is 13.8 Å². The summed E-state index contributed by atoms with van der Waals surface area (Å²) in [5.74, 6) is -0.192. The maximum absolute atomic E-state index is 12.1. The number of phenolic OH excluding ortho intramolecular Hbond substituents is 1. The Kier molecular flexibility index (Phi) is 3.90. The number of benzene rings is 2. The average Bonchev–Trinajstić information content (AvgIpc) is 2.36. The van der Waals surface area contributed by atoms with E-state index in [-0.39, 0.29) is 11.7 Å². The Hall–Kier alpha value is -1.81. The lowest BCUT2D eigenvalue weighted by atomic mass is 10.1. The topological polar surface area (TPSA) is 49.3 Å². The number of aryl methyl sites for hydroxylation is 2. The number of anilines is 1. The van der Waals surface area contributed by atoms with Gasteiger partial charge in [0.1, 0.15) is 5.75 Å². The quantitative estimate of drug-likeness (QED) is 0.878. The third-order valence-corrected chi connectivity index (χ3v) is 3.51. The molecule has 0 aromatic heterocycles. The zero-order valence-electron chi connectivity index (χ0n) is 10.7. The molecule has 2 aromatic carbocycles. The third kappa shape index (κ3) is 3.15. The summed E-state index contributed by atoms with van der Waals surface area (Å²) in [5.41, 5.74) is 3.35. The molecule has 0 unspecified atom stereocenters. The van der Waals surface area contributed by atoms with Crippen LogP contribution in [0.4, 0.5) is 5.69 Å². The van der Waals surface area contributed by atoms with Crippen LogP contribution in [0.2, 0.25) is 0 Å². The van der Waals surface area contributed by atoms with Crippen LogP contribution >= 0.6 is 15.9 Å². The van der Waals surface area contributed by atoms with Crippen molar-refractivity contribution in [3.63, 3.8) is 0 Å². The molecule has 0 aliphatic rings. The van der Waals surface area contributed by atoms with Crippen molar-refractivity contribution in [3.05, 3.63) is 57.6 Å². The predicted molar refractivity (Wildman–Crippen MR) is 79.7 cm³/mol. The minimum Gasteiger partial charge on any atom is -0.507 e. The first-order valence-electron chi connectivity index (χ1n) is 5.84. The van der Waals surface area contributed by atoms with E-state index >= 15 is 0 Å². The van der Waals surface area contributed by atoms with Crippen molar-refractivity contribution in [1.29, 1.82) is 0 Å². The molecule has 0 spiro atoms. The monoisotopic (exact) mass is 319 g/mol. The number of hydrogen-bond acceptors (Lipinski definition) is 2. The van der Waals surface area contributed by atoms with Gasteiger partial charge in [-0.15, -0.1) is 0 Å². The highest BCUT2D eigenvalue weighted by Gasteiger charge is 2.09. The maximum atomic E-state index is 12.1. The molecule has 0 atom stereocenters. The van der Waals surface area contributed by atoms with E-state index in [2.05, 4.69) is 21.2 Å². The second kappa shape index (κ2) is 5.45. The number of rotatable bonds is 2. The Labute approximate surface area is 120 Å². The molecule has 2 aromatic rings. The summed E-state index contributed by atoms with van der Waals surface area (Å²) in [6, 6.07) is 10.6. The van der Waals surface area contributed by atoms with E-state index in [0.717, 1.165) is 16.8 Å². The minimum absolute atomic E-state index is 0.0493. The second-order valence-corrected chi connectivity index (χ2v) is 5.29. The highest BCUT2D eigenvalue weighted by molar-refractivity contribution is 9.10. The molecule has 0 bridgehead atoms. The summed E-state index contributed by atoms with van der Waals surface area (Å²) in [7, 11) is 0. The lowest BCUT2D eigenvalue weighted by Crippen LogP contribution is -2.12. The van der Waals surface area contributed by atoms with Gasteiger partial charge in [-0.2, -0.15) is 0 Å². The second-order valence-electron chi connectivity index (χ2n) is 4.44. The van der Waals surface area contributed by atoms with Crippen molar-refractivity contribution < 1.29 is 9.90 Å². The molecule has 0 aliphatic carbocycles. The summed E-state index contributed by atoms with van der Waals surface area (Å²) < 4.78 is 0.565. The molecule has 3 nitrogen and oxygen atoms in total. The molecule has 1 amide bonds. The van der Waals surface area contributed by atoms with Crippen molar-refractivity contribution in [2.24, 2.45) is 0 Å². The molecule has 19 heavy (non-hydrogen) atoms. The van der Waals surface area contributed by atoms with Crippen LogP contribution in [0.3, 0.4) is 0 Å². The lowest BCUT2D eigenvalue weighted by Gasteiger charge is -2.09. The van der Waals surface area contributed by atoms with Gasteiger partial charge in [0.25, 0.3) is 5.91 Å². The average molecular weight is 320 g/mol. The molecular formula is C15H14BrNO2. The van der Waals surface area contributed by atoms with Crippen molar-refractivity contribution in [3.8, 4) is 5.75 Å². The fourth-order valence-corrected chi connectivity index (χ4v) is 2.05. The van der Waals surface area contributed by atoms with Gasteiger partial charge >= 0.3 is 0 Å². The zero-order valence-corrected chi connectivity index (χ0v) is 12.3. The summed E-state index contributed by atoms with van der Waals surface area (Å²) in [6.07, 6.45) is 0. The summed E-state index contributed by atoms with van der Waals surface area (Å²) in [6.45, 7) is 3.95. The number of amides is 1. The fraction of sp³-hybridized carbons (Fsp3) is 0.133. The summed E-state index contributed by atoms with van der Waals surface area (Å²) in [4.78, 5) is 12.1. The van der Waals surface area contributed by atoms with E-state index in [1.807, 2.05) is 32.0 Å². The highest BCUT2D eigenvalue weighted by Crippen LogP contribution is 2.25. The van der Waals surface area contributed by atoms with E-state index in [9.17, 15) is 9.90 Å². The molecule has 4 heteroatoms. The SMILES string of the molecule is Cc1ccc(NC(=O)c2ccc(Br)c(O)c2)c(C)c1. The molecule has 0 aliphatic heterocycles. The zero-order chi connectivity index (χ0) is 14.0. The first kappa shape index (κ1) is 13.6. The Morgan fingerprint density at radius 1 is 1.16 bits per heavy atom. The van der Waals surface area contributed by atoms with Crippen LogP contribution in [0.5, 0.6) is 5.75 Å². The number of carbonyl (C=O) groups is 1. The molecule has 0 fully saturated rings. The summed E-state index contributed by atoms with van der Waals surface area (Å²) in [5, 5.41) is 12.4. The molecular weight excluding hydrogens is 306 g/mol. The highest BCUT2D eigenvalue weighted by atomic mass is 79.9. The van der Waals surface area contributed by atoms with Gasteiger partial charge in [0.15, 0.2) is 0 Å². The van der Waals surface area contributed by atoms with Crippen LogP contribution in [-0.4, -0.2) is 11.0 Å². The third-order valence-electron chi connectivity index (χ3n) is 2.84. The van der Waals surface area contributed by atoms with Crippen molar-refractivity contribution in [2.75, 3.05) is 5.32 Å². The van der Waals surface area contributed by atoms with Gasteiger partial charge in [0.05, 0.1) is 4.47 Å².